The van der Waals surface area contributed by atoms with Gasteiger partial charge in [0.1, 0.15) is 0 Å². The number of amides is 1. The molecule has 98 valence electrons. The lowest BCUT2D eigenvalue weighted by atomic mass is 9.68. The number of tetrazole rings is 1. The Bertz CT molecular complexity index is 464. The van der Waals surface area contributed by atoms with Gasteiger partial charge >= 0.3 is 0 Å². The summed E-state index contributed by atoms with van der Waals surface area (Å²) in [7, 11) is 0. The fourth-order valence-electron chi connectivity index (χ4n) is 4.12. The van der Waals surface area contributed by atoms with Gasteiger partial charge in [0.2, 0.25) is 0 Å². The van der Waals surface area contributed by atoms with Gasteiger partial charge in [0.25, 0.3) is 11.7 Å². The molecule has 6 nitrogen and oxygen atoms in total. The van der Waals surface area contributed by atoms with Crippen LogP contribution in [0.3, 0.4) is 0 Å². The summed E-state index contributed by atoms with van der Waals surface area (Å²) in [5.74, 6) is 0.603. The van der Waals surface area contributed by atoms with Crippen LogP contribution in [0.5, 0.6) is 0 Å². The zero-order valence-corrected chi connectivity index (χ0v) is 11.0. The van der Waals surface area contributed by atoms with Crippen LogP contribution < -0.4 is 5.32 Å². The molecule has 1 amide bonds. The predicted octanol–water partition coefficient (Wildman–Crippen LogP) is 1.14. The third kappa shape index (κ3) is 1.47. The molecule has 2 aliphatic carbocycles. The molecule has 3 unspecified atom stereocenters. The standard InChI is InChI=1S/C12H19N5O/c1-11(2)7-4-5-12(3,6-7)10(11)13-9(18)8-14-16-17-15-8/h7,10H,4-6H2,1-3H3,(H,13,18)(H,14,15,16,17). The number of rotatable bonds is 2. The van der Waals surface area contributed by atoms with Gasteiger partial charge in [0.05, 0.1) is 0 Å². The summed E-state index contributed by atoms with van der Waals surface area (Å²) in [6, 6.07) is 0.190. The van der Waals surface area contributed by atoms with Crippen LogP contribution >= 0.6 is 0 Å². The second-order valence-electron chi connectivity index (χ2n) is 6.56. The number of carbonyl (C=O) groups is 1. The highest BCUT2D eigenvalue weighted by molar-refractivity contribution is 5.90. The van der Waals surface area contributed by atoms with E-state index in [2.05, 4.69) is 46.7 Å². The minimum atomic E-state index is -0.226. The lowest BCUT2D eigenvalue weighted by Gasteiger charge is -2.42. The summed E-state index contributed by atoms with van der Waals surface area (Å²) >= 11 is 0. The number of carbonyl (C=O) groups excluding carboxylic acids is 1. The zero-order valence-electron chi connectivity index (χ0n) is 11.0. The van der Waals surface area contributed by atoms with E-state index in [9.17, 15) is 4.79 Å². The van der Waals surface area contributed by atoms with Gasteiger partial charge in [-0.15, -0.1) is 10.2 Å². The molecule has 1 aromatic rings. The number of hydrogen-bond donors (Lipinski definition) is 2. The smallest absolute Gasteiger partial charge is 0.293 e. The van der Waals surface area contributed by atoms with Gasteiger partial charge in [-0.1, -0.05) is 20.8 Å². The molecule has 0 radical (unpaired) electrons. The van der Waals surface area contributed by atoms with Crippen molar-refractivity contribution in [1.82, 2.24) is 25.9 Å². The van der Waals surface area contributed by atoms with Crippen molar-refractivity contribution in [2.45, 2.75) is 46.1 Å². The summed E-state index contributed by atoms with van der Waals surface area (Å²) in [5, 5.41) is 16.3. The van der Waals surface area contributed by atoms with E-state index >= 15 is 0 Å². The van der Waals surface area contributed by atoms with Crippen LogP contribution in [0.25, 0.3) is 0 Å². The maximum absolute atomic E-state index is 12.1. The lowest BCUT2D eigenvalue weighted by Crippen LogP contribution is -2.52. The van der Waals surface area contributed by atoms with E-state index in [1.54, 1.807) is 0 Å². The molecule has 2 bridgehead atoms. The minimum absolute atomic E-state index is 0.122. The monoisotopic (exact) mass is 249 g/mol. The molecule has 18 heavy (non-hydrogen) atoms. The van der Waals surface area contributed by atoms with Crippen molar-refractivity contribution in [2.75, 3.05) is 0 Å². The van der Waals surface area contributed by atoms with Gasteiger partial charge in [-0.05, 0) is 41.2 Å². The molecule has 2 fully saturated rings. The Morgan fingerprint density at radius 2 is 2.22 bits per heavy atom. The summed E-state index contributed by atoms with van der Waals surface area (Å²) in [5.41, 5.74) is 0.361. The average molecular weight is 249 g/mol. The Morgan fingerprint density at radius 1 is 1.44 bits per heavy atom. The number of hydrogen-bond acceptors (Lipinski definition) is 4. The van der Waals surface area contributed by atoms with Crippen molar-refractivity contribution in [3.8, 4) is 0 Å². The highest BCUT2D eigenvalue weighted by atomic mass is 16.2. The molecule has 6 heteroatoms. The minimum Gasteiger partial charge on any atom is -0.345 e. The highest BCUT2D eigenvalue weighted by Gasteiger charge is 2.59. The molecule has 3 atom stereocenters. The lowest BCUT2D eigenvalue weighted by molar-refractivity contribution is 0.0728. The van der Waals surface area contributed by atoms with Crippen LogP contribution in [0, 0.1) is 16.7 Å². The predicted molar refractivity (Wildman–Crippen MR) is 64.7 cm³/mol. The third-order valence-electron chi connectivity index (χ3n) is 5.09. The highest BCUT2D eigenvalue weighted by Crippen LogP contribution is 2.62. The molecule has 2 saturated carbocycles. The van der Waals surface area contributed by atoms with Crippen molar-refractivity contribution in [2.24, 2.45) is 16.7 Å². The van der Waals surface area contributed by atoms with Crippen LogP contribution in [0.15, 0.2) is 0 Å². The van der Waals surface area contributed by atoms with Crippen LogP contribution in [0.4, 0.5) is 0 Å². The number of nitrogens with zero attached hydrogens (tertiary/aromatic N) is 3. The van der Waals surface area contributed by atoms with Gasteiger partial charge in [0, 0.05) is 6.04 Å². The third-order valence-corrected chi connectivity index (χ3v) is 5.09. The van der Waals surface area contributed by atoms with E-state index in [1.165, 1.54) is 19.3 Å². The van der Waals surface area contributed by atoms with E-state index < -0.39 is 0 Å². The zero-order chi connectivity index (χ0) is 13.0. The molecule has 2 N–H and O–H groups in total. The second-order valence-corrected chi connectivity index (χ2v) is 6.56. The van der Waals surface area contributed by atoms with E-state index in [0.717, 1.165) is 0 Å². The first-order valence-electron chi connectivity index (χ1n) is 6.48. The Balaban J connectivity index is 1.82. The number of aromatic nitrogens is 4. The van der Waals surface area contributed by atoms with Crippen LogP contribution in [-0.2, 0) is 0 Å². The van der Waals surface area contributed by atoms with Gasteiger partial charge in [-0.2, -0.15) is 5.21 Å². The number of H-pyrrole nitrogens is 1. The maximum Gasteiger partial charge on any atom is 0.293 e. The van der Waals surface area contributed by atoms with Crippen LogP contribution in [0.2, 0.25) is 0 Å². The van der Waals surface area contributed by atoms with Crippen molar-refractivity contribution in [3.05, 3.63) is 5.82 Å². The first-order valence-corrected chi connectivity index (χ1v) is 6.48. The Hall–Kier alpha value is -1.46. The van der Waals surface area contributed by atoms with Gasteiger partial charge in [-0.3, -0.25) is 4.79 Å². The van der Waals surface area contributed by atoms with Crippen molar-refractivity contribution in [1.29, 1.82) is 0 Å². The fraction of sp³-hybridized carbons (Fsp3) is 0.833. The molecule has 1 heterocycles. The van der Waals surface area contributed by atoms with Gasteiger partial charge in [0.15, 0.2) is 0 Å². The molecule has 2 aliphatic rings. The fourth-order valence-corrected chi connectivity index (χ4v) is 4.12. The molecule has 1 aromatic heterocycles. The van der Waals surface area contributed by atoms with Crippen LogP contribution in [0.1, 0.15) is 50.7 Å². The molecule has 0 aromatic carbocycles. The summed E-state index contributed by atoms with van der Waals surface area (Å²) < 4.78 is 0. The SMILES string of the molecule is CC12CCC(C1)C(C)(C)C2NC(=O)c1nn[nH]n1. The maximum atomic E-state index is 12.1. The van der Waals surface area contributed by atoms with E-state index in [0.29, 0.717) is 5.92 Å². The Kier molecular flexibility index (Phi) is 2.27. The molecule has 3 rings (SSSR count). The van der Waals surface area contributed by atoms with E-state index in [-0.39, 0.29) is 28.6 Å². The first-order chi connectivity index (χ1) is 8.43. The van der Waals surface area contributed by atoms with E-state index in [1.807, 2.05) is 0 Å². The topological polar surface area (TPSA) is 83.6 Å². The number of fused-ring (bicyclic) bond motifs is 2. The second kappa shape index (κ2) is 3.52. The summed E-state index contributed by atoms with van der Waals surface area (Å²) in [6.07, 6.45) is 3.67. The van der Waals surface area contributed by atoms with Gasteiger partial charge < -0.3 is 5.32 Å². The summed E-state index contributed by atoms with van der Waals surface area (Å²) in [6.45, 7) is 6.79. The Labute approximate surface area is 106 Å². The van der Waals surface area contributed by atoms with Crippen molar-refractivity contribution >= 4 is 5.91 Å². The normalized spacial score (nSPS) is 36.8. The van der Waals surface area contributed by atoms with Crippen LogP contribution in [-0.4, -0.2) is 32.6 Å². The first kappa shape index (κ1) is 11.6. The van der Waals surface area contributed by atoms with Gasteiger partial charge in [-0.25, -0.2) is 0 Å². The number of aromatic amines is 1. The quantitative estimate of drug-likeness (QED) is 0.823. The number of nitrogens with one attached hydrogen (secondary N) is 2. The van der Waals surface area contributed by atoms with Crippen molar-refractivity contribution in [3.63, 3.8) is 0 Å². The molecular formula is C12H19N5O. The summed E-state index contributed by atoms with van der Waals surface area (Å²) in [4.78, 5) is 12.1. The molecule has 0 saturated heterocycles. The van der Waals surface area contributed by atoms with E-state index in [4.69, 9.17) is 0 Å². The average Bonchev–Trinajstić information content (AvgIpc) is 2.96. The van der Waals surface area contributed by atoms with Crippen molar-refractivity contribution < 1.29 is 4.79 Å². The largest absolute Gasteiger partial charge is 0.345 e. The molecular weight excluding hydrogens is 230 g/mol. The Morgan fingerprint density at radius 3 is 2.78 bits per heavy atom. The molecule has 0 spiro atoms. The molecule has 0 aliphatic heterocycles.